The van der Waals surface area contributed by atoms with Crippen LogP contribution in [-0.2, 0) is 5.41 Å². The van der Waals surface area contributed by atoms with Crippen molar-refractivity contribution in [1.82, 2.24) is 14.9 Å². The maximum absolute atomic E-state index is 12.1. The average molecular weight is 348 g/mol. The minimum absolute atomic E-state index is 0.0413. The minimum Gasteiger partial charge on any atom is -0.351 e. The van der Waals surface area contributed by atoms with E-state index in [0.717, 1.165) is 30.4 Å². The van der Waals surface area contributed by atoms with Crippen LogP contribution in [-0.4, -0.2) is 27.4 Å². The lowest BCUT2D eigenvalue weighted by Crippen LogP contribution is -2.27. The van der Waals surface area contributed by atoms with Gasteiger partial charge in [0.05, 0.1) is 5.69 Å². The molecule has 0 aliphatic heterocycles. The fourth-order valence-corrected chi connectivity index (χ4v) is 2.87. The van der Waals surface area contributed by atoms with Crippen LogP contribution in [0.2, 0.25) is 0 Å². The van der Waals surface area contributed by atoms with Gasteiger partial charge in [-0.05, 0) is 24.4 Å². The summed E-state index contributed by atoms with van der Waals surface area (Å²) in [5.74, 6) is -0.0413. The van der Waals surface area contributed by atoms with E-state index < -0.39 is 0 Å². The van der Waals surface area contributed by atoms with Crippen LogP contribution in [0.25, 0.3) is 0 Å². The van der Waals surface area contributed by atoms with Crippen LogP contribution in [0.1, 0.15) is 61.8 Å². The Bertz CT molecular complexity index is 401. The predicted octanol–water partition coefficient (Wildman–Crippen LogP) is 3.52. The first-order chi connectivity index (χ1) is 8.96. The van der Waals surface area contributed by atoms with Crippen molar-refractivity contribution in [3.8, 4) is 0 Å². The molecule has 4 nitrogen and oxygen atoms in total. The van der Waals surface area contributed by atoms with E-state index >= 15 is 0 Å². The zero-order valence-electron chi connectivity index (χ0n) is 11.8. The number of carbonyl (C=O) groups is 1. The van der Waals surface area contributed by atoms with E-state index in [-0.39, 0.29) is 11.3 Å². The smallest absolute Gasteiger partial charge is 0.264 e. The van der Waals surface area contributed by atoms with Gasteiger partial charge in [0.2, 0.25) is 0 Å². The van der Waals surface area contributed by atoms with Gasteiger partial charge in [-0.3, -0.25) is 4.79 Å². The van der Waals surface area contributed by atoms with Crippen molar-refractivity contribution in [2.75, 3.05) is 11.9 Å². The van der Waals surface area contributed by atoms with Crippen molar-refractivity contribution in [3.63, 3.8) is 0 Å². The average Bonchev–Trinajstić information content (AvgIpc) is 2.82. The number of nitrogens with one attached hydrogen (secondary N) is 1. The second-order valence-corrected chi connectivity index (χ2v) is 7.11. The van der Waals surface area contributed by atoms with E-state index in [1.165, 1.54) is 24.4 Å². The highest BCUT2D eigenvalue weighted by atomic mass is 79.9. The van der Waals surface area contributed by atoms with Gasteiger partial charge in [0, 0.05) is 17.3 Å². The molecular formula is C13H22BrN3OS. The highest BCUT2D eigenvalue weighted by molar-refractivity contribution is 9.09. The summed E-state index contributed by atoms with van der Waals surface area (Å²) in [6.45, 7) is 6.85. The molecule has 0 radical (unpaired) electrons. The summed E-state index contributed by atoms with van der Waals surface area (Å²) in [6.07, 6.45) is 4.58. The third-order valence-electron chi connectivity index (χ3n) is 2.75. The first-order valence-corrected chi connectivity index (χ1v) is 8.53. The normalized spacial score (nSPS) is 11.6. The van der Waals surface area contributed by atoms with Crippen LogP contribution in [0.5, 0.6) is 0 Å². The van der Waals surface area contributed by atoms with Crippen molar-refractivity contribution in [2.24, 2.45) is 0 Å². The minimum atomic E-state index is -0.143. The Morgan fingerprint density at radius 1 is 1.26 bits per heavy atom. The van der Waals surface area contributed by atoms with Crippen LogP contribution >= 0.6 is 27.5 Å². The van der Waals surface area contributed by atoms with E-state index in [4.69, 9.17) is 0 Å². The molecule has 6 heteroatoms. The first kappa shape index (κ1) is 16.6. The fraction of sp³-hybridized carbons (Fsp3) is 0.769. The lowest BCUT2D eigenvalue weighted by atomic mass is 9.91. The standard InChI is InChI=1S/C13H22BrN3OS/c1-13(2,3)11-10(19-17-16-11)12(18)15-9-7-5-4-6-8-14/h4-9H2,1-3H3,(H,15,18). The molecule has 1 N–H and O–H groups in total. The molecule has 19 heavy (non-hydrogen) atoms. The maximum Gasteiger partial charge on any atom is 0.264 e. The molecule has 0 bridgehead atoms. The molecule has 0 saturated heterocycles. The summed E-state index contributed by atoms with van der Waals surface area (Å²) < 4.78 is 3.90. The van der Waals surface area contributed by atoms with Crippen molar-refractivity contribution in [3.05, 3.63) is 10.6 Å². The Morgan fingerprint density at radius 2 is 1.95 bits per heavy atom. The van der Waals surface area contributed by atoms with E-state index in [2.05, 4.69) is 30.8 Å². The van der Waals surface area contributed by atoms with E-state index in [1.807, 2.05) is 20.8 Å². The molecule has 0 saturated carbocycles. The molecule has 0 aliphatic rings. The third kappa shape index (κ3) is 5.57. The third-order valence-corrected chi connectivity index (χ3v) is 4.04. The molecular weight excluding hydrogens is 326 g/mol. The molecule has 1 aromatic rings. The van der Waals surface area contributed by atoms with E-state index in [0.29, 0.717) is 4.88 Å². The second-order valence-electron chi connectivity index (χ2n) is 5.56. The maximum atomic E-state index is 12.1. The van der Waals surface area contributed by atoms with Crippen LogP contribution in [0.15, 0.2) is 0 Å². The van der Waals surface area contributed by atoms with Crippen molar-refractivity contribution in [2.45, 2.75) is 51.9 Å². The molecule has 0 spiro atoms. The quantitative estimate of drug-likeness (QED) is 0.606. The van der Waals surface area contributed by atoms with Gasteiger partial charge in [-0.1, -0.05) is 54.0 Å². The monoisotopic (exact) mass is 347 g/mol. The summed E-state index contributed by atoms with van der Waals surface area (Å²) >= 11 is 4.59. The molecule has 0 aromatic carbocycles. The van der Waals surface area contributed by atoms with Gasteiger partial charge in [-0.15, -0.1) is 5.10 Å². The van der Waals surface area contributed by atoms with Gasteiger partial charge in [0.1, 0.15) is 4.88 Å². The molecule has 1 amide bonds. The van der Waals surface area contributed by atoms with Crippen LogP contribution < -0.4 is 5.32 Å². The summed E-state index contributed by atoms with van der Waals surface area (Å²) in [5, 5.41) is 8.09. The van der Waals surface area contributed by atoms with Gasteiger partial charge < -0.3 is 5.32 Å². The molecule has 1 aromatic heterocycles. The predicted molar refractivity (Wildman–Crippen MR) is 83.2 cm³/mol. The highest BCUT2D eigenvalue weighted by Gasteiger charge is 2.25. The Hall–Kier alpha value is -0.490. The van der Waals surface area contributed by atoms with Gasteiger partial charge in [0.25, 0.3) is 5.91 Å². The first-order valence-electron chi connectivity index (χ1n) is 6.64. The van der Waals surface area contributed by atoms with Crippen LogP contribution in [0.4, 0.5) is 0 Å². The molecule has 0 atom stereocenters. The molecule has 108 valence electrons. The number of hydrogen-bond donors (Lipinski definition) is 1. The summed E-state index contributed by atoms with van der Waals surface area (Å²) in [4.78, 5) is 12.7. The van der Waals surface area contributed by atoms with Crippen molar-refractivity contribution in [1.29, 1.82) is 0 Å². The van der Waals surface area contributed by atoms with Crippen LogP contribution in [0.3, 0.4) is 0 Å². The second kappa shape index (κ2) is 7.94. The number of aromatic nitrogens is 2. The molecule has 0 unspecified atom stereocenters. The Balaban J connectivity index is 2.40. The summed E-state index contributed by atoms with van der Waals surface area (Å²) in [5.41, 5.74) is 0.643. The summed E-state index contributed by atoms with van der Waals surface area (Å²) in [6, 6.07) is 0. The van der Waals surface area contributed by atoms with E-state index in [1.54, 1.807) is 0 Å². The highest BCUT2D eigenvalue weighted by Crippen LogP contribution is 2.25. The number of unbranched alkanes of at least 4 members (excludes halogenated alkanes) is 3. The Labute approximate surface area is 127 Å². The number of nitrogens with zero attached hydrogens (tertiary/aromatic N) is 2. The summed E-state index contributed by atoms with van der Waals surface area (Å²) in [7, 11) is 0. The Kier molecular flexibility index (Phi) is 6.93. The molecule has 0 aliphatic carbocycles. The van der Waals surface area contributed by atoms with Gasteiger partial charge in [0.15, 0.2) is 0 Å². The van der Waals surface area contributed by atoms with Crippen molar-refractivity contribution < 1.29 is 4.79 Å². The number of amides is 1. The zero-order chi connectivity index (χ0) is 14.3. The molecule has 1 rings (SSSR count). The molecule has 1 heterocycles. The lowest BCUT2D eigenvalue weighted by Gasteiger charge is -2.16. The van der Waals surface area contributed by atoms with Gasteiger partial charge >= 0.3 is 0 Å². The Morgan fingerprint density at radius 3 is 2.58 bits per heavy atom. The number of carbonyl (C=O) groups excluding carboxylic acids is 1. The van der Waals surface area contributed by atoms with Gasteiger partial charge in [-0.25, -0.2) is 0 Å². The largest absolute Gasteiger partial charge is 0.351 e. The van der Waals surface area contributed by atoms with E-state index in [9.17, 15) is 4.79 Å². The zero-order valence-corrected chi connectivity index (χ0v) is 14.2. The number of alkyl halides is 1. The van der Waals surface area contributed by atoms with Crippen molar-refractivity contribution >= 4 is 33.4 Å². The number of hydrogen-bond acceptors (Lipinski definition) is 4. The SMILES string of the molecule is CC(C)(C)c1nnsc1C(=O)NCCCCCCBr. The van der Waals surface area contributed by atoms with Crippen LogP contribution in [0, 0.1) is 0 Å². The number of rotatable bonds is 7. The molecule has 0 fully saturated rings. The topological polar surface area (TPSA) is 54.9 Å². The fourth-order valence-electron chi connectivity index (χ4n) is 1.69. The van der Waals surface area contributed by atoms with Gasteiger partial charge in [-0.2, -0.15) is 0 Å². The lowest BCUT2D eigenvalue weighted by molar-refractivity contribution is 0.0954. The number of halogens is 1.